The van der Waals surface area contributed by atoms with E-state index in [1.807, 2.05) is 65.6 Å². The highest BCUT2D eigenvalue weighted by Crippen LogP contribution is 2.41. The highest BCUT2D eigenvalue weighted by atomic mass is 16.5. The number of hydrogen-bond donors (Lipinski definition) is 0. The molecule has 5 rings (SSSR count). The predicted octanol–water partition coefficient (Wildman–Crippen LogP) is 4.69. The lowest BCUT2D eigenvalue weighted by atomic mass is 9.87. The predicted molar refractivity (Wildman–Crippen MR) is 134 cm³/mol. The van der Waals surface area contributed by atoms with Crippen LogP contribution < -0.4 is 9.47 Å². The number of ether oxygens (including phenoxy) is 2. The van der Waals surface area contributed by atoms with Crippen LogP contribution in [0.25, 0.3) is 5.70 Å². The van der Waals surface area contributed by atoms with E-state index in [2.05, 4.69) is 6.58 Å². The normalized spacial score (nSPS) is 16.7. The zero-order valence-corrected chi connectivity index (χ0v) is 20.0. The maximum atomic E-state index is 13.6. The molecule has 0 saturated heterocycles. The summed E-state index contributed by atoms with van der Waals surface area (Å²) in [5.74, 6) is 1.22. The van der Waals surface area contributed by atoms with Gasteiger partial charge in [-0.1, -0.05) is 55.1 Å². The van der Waals surface area contributed by atoms with E-state index < -0.39 is 0 Å². The molecule has 1 unspecified atom stereocenters. The van der Waals surface area contributed by atoms with Gasteiger partial charge in [-0.05, 0) is 41.3 Å². The van der Waals surface area contributed by atoms with Crippen LogP contribution in [-0.4, -0.2) is 48.9 Å². The third kappa shape index (κ3) is 3.95. The smallest absolute Gasteiger partial charge is 0.258 e. The minimum atomic E-state index is -0.248. The van der Waals surface area contributed by atoms with Crippen molar-refractivity contribution < 1.29 is 19.1 Å². The Bertz CT molecular complexity index is 1270. The Morgan fingerprint density at radius 2 is 1.63 bits per heavy atom. The van der Waals surface area contributed by atoms with Gasteiger partial charge in [0.1, 0.15) is 0 Å². The van der Waals surface area contributed by atoms with Gasteiger partial charge in [-0.2, -0.15) is 0 Å². The molecule has 2 aliphatic rings. The number of amides is 2. The van der Waals surface area contributed by atoms with E-state index in [9.17, 15) is 9.59 Å². The van der Waals surface area contributed by atoms with E-state index in [-0.39, 0.29) is 24.3 Å². The van der Waals surface area contributed by atoms with Crippen LogP contribution in [0.3, 0.4) is 0 Å². The van der Waals surface area contributed by atoms with Crippen molar-refractivity contribution in [3.05, 3.63) is 101 Å². The van der Waals surface area contributed by atoms with Crippen molar-refractivity contribution in [3.8, 4) is 11.5 Å². The van der Waals surface area contributed by atoms with Crippen molar-refractivity contribution in [1.29, 1.82) is 0 Å². The SMILES string of the molecule is C=C1c2ccccc2C(=O)N1CCC(=O)N1CCc2cc(OC)c(OC)cc2C1c1ccccc1. The molecule has 0 spiro atoms. The number of methoxy groups -OCH3 is 2. The second-order valence-corrected chi connectivity index (χ2v) is 8.76. The Morgan fingerprint density at radius 1 is 0.971 bits per heavy atom. The van der Waals surface area contributed by atoms with Crippen LogP contribution >= 0.6 is 0 Å². The first-order valence-electron chi connectivity index (χ1n) is 11.7. The first kappa shape index (κ1) is 22.7. The number of benzene rings is 3. The second-order valence-electron chi connectivity index (χ2n) is 8.76. The summed E-state index contributed by atoms with van der Waals surface area (Å²) >= 11 is 0. The van der Waals surface area contributed by atoms with Crippen LogP contribution in [0.1, 0.15) is 45.1 Å². The van der Waals surface area contributed by atoms with E-state index in [1.165, 1.54) is 0 Å². The maximum absolute atomic E-state index is 13.6. The van der Waals surface area contributed by atoms with Crippen LogP contribution in [0.2, 0.25) is 0 Å². The van der Waals surface area contributed by atoms with E-state index in [0.717, 1.165) is 22.3 Å². The zero-order valence-electron chi connectivity index (χ0n) is 20.0. The molecule has 0 fully saturated rings. The molecule has 3 aromatic rings. The largest absolute Gasteiger partial charge is 0.493 e. The molecule has 0 aliphatic carbocycles. The van der Waals surface area contributed by atoms with Gasteiger partial charge in [-0.3, -0.25) is 9.59 Å². The summed E-state index contributed by atoms with van der Waals surface area (Å²) < 4.78 is 11.1. The summed E-state index contributed by atoms with van der Waals surface area (Å²) in [5, 5.41) is 0. The highest BCUT2D eigenvalue weighted by molar-refractivity contribution is 6.08. The Hall–Kier alpha value is -4.06. The Morgan fingerprint density at radius 3 is 2.31 bits per heavy atom. The molecule has 1 atom stereocenters. The van der Waals surface area contributed by atoms with Crippen LogP contribution in [0, 0.1) is 0 Å². The molecule has 0 N–H and O–H groups in total. The summed E-state index contributed by atoms with van der Waals surface area (Å²) in [7, 11) is 3.24. The van der Waals surface area contributed by atoms with Crippen LogP contribution in [0.5, 0.6) is 11.5 Å². The molecule has 3 aromatic carbocycles. The summed E-state index contributed by atoms with van der Waals surface area (Å²) in [6.07, 6.45) is 0.927. The van der Waals surface area contributed by atoms with Crippen LogP contribution in [0.15, 0.2) is 73.3 Å². The number of rotatable bonds is 6. The average molecular weight is 469 g/mol. The van der Waals surface area contributed by atoms with E-state index in [4.69, 9.17) is 9.47 Å². The fraction of sp³-hybridized carbons (Fsp3) is 0.241. The minimum Gasteiger partial charge on any atom is -0.493 e. The Balaban J connectivity index is 1.43. The van der Waals surface area contributed by atoms with Gasteiger partial charge in [0.15, 0.2) is 11.5 Å². The average Bonchev–Trinajstić information content (AvgIpc) is 3.15. The molecular weight excluding hydrogens is 440 g/mol. The molecule has 2 amide bonds. The van der Waals surface area contributed by atoms with Gasteiger partial charge >= 0.3 is 0 Å². The number of carbonyl (C=O) groups is 2. The molecule has 178 valence electrons. The number of carbonyl (C=O) groups excluding carboxylic acids is 2. The lowest BCUT2D eigenvalue weighted by molar-refractivity contribution is -0.133. The highest BCUT2D eigenvalue weighted by Gasteiger charge is 2.35. The number of hydrogen-bond acceptors (Lipinski definition) is 4. The van der Waals surface area contributed by atoms with Gasteiger partial charge in [-0.25, -0.2) is 0 Å². The van der Waals surface area contributed by atoms with Crippen LogP contribution in [0.4, 0.5) is 0 Å². The number of nitrogens with zero attached hydrogens (tertiary/aromatic N) is 2. The summed E-state index contributed by atoms with van der Waals surface area (Å²) in [4.78, 5) is 30.0. The van der Waals surface area contributed by atoms with Crippen molar-refractivity contribution in [2.24, 2.45) is 0 Å². The summed E-state index contributed by atoms with van der Waals surface area (Å²) in [5.41, 5.74) is 5.32. The van der Waals surface area contributed by atoms with Gasteiger partial charge in [0, 0.05) is 36.3 Å². The number of fused-ring (bicyclic) bond motifs is 2. The topological polar surface area (TPSA) is 59.1 Å². The monoisotopic (exact) mass is 468 g/mol. The third-order valence-corrected chi connectivity index (χ3v) is 6.90. The molecule has 6 nitrogen and oxygen atoms in total. The minimum absolute atomic E-state index is 0.00385. The third-order valence-electron chi connectivity index (χ3n) is 6.90. The lowest BCUT2D eigenvalue weighted by Crippen LogP contribution is -2.42. The van der Waals surface area contributed by atoms with Gasteiger partial charge in [0.2, 0.25) is 5.91 Å². The zero-order chi connectivity index (χ0) is 24.5. The molecule has 0 saturated carbocycles. The first-order valence-corrected chi connectivity index (χ1v) is 11.7. The lowest BCUT2D eigenvalue weighted by Gasteiger charge is -2.38. The summed E-state index contributed by atoms with van der Waals surface area (Å²) in [6, 6.07) is 21.2. The first-order chi connectivity index (χ1) is 17.0. The standard InChI is InChI=1S/C29H28N2O4/c1-19-22-11-7-8-12-23(22)29(33)30(19)16-14-27(32)31-15-13-21-17-25(34-2)26(35-3)18-24(21)28(31)20-9-5-4-6-10-20/h4-12,17-18,28H,1,13-16H2,2-3H3. The fourth-order valence-electron chi connectivity index (χ4n) is 5.13. The van der Waals surface area contributed by atoms with E-state index >= 15 is 0 Å². The molecule has 6 heteroatoms. The second kappa shape index (κ2) is 9.29. The van der Waals surface area contributed by atoms with E-state index in [0.29, 0.717) is 42.3 Å². The summed E-state index contributed by atoms with van der Waals surface area (Å²) in [6.45, 7) is 4.97. The van der Waals surface area contributed by atoms with Gasteiger partial charge in [0.05, 0.1) is 20.3 Å². The van der Waals surface area contributed by atoms with Gasteiger partial charge in [0.25, 0.3) is 5.91 Å². The van der Waals surface area contributed by atoms with Gasteiger partial charge < -0.3 is 19.3 Å². The van der Waals surface area contributed by atoms with Gasteiger partial charge in [-0.15, -0.1) is 0 Å². The van der Waals surface area contributed by atoms with Crippen molar-refractivity contribution >= 4 is 17.5 Å². The van der Waals surface area contributed by atoms with Crippen molar-refractivity contribution in [1.82, 2.24) is 9.80 Å². The molecule has 0 bridgehead atoms. The van der Waals surface area contributed by atoms with E-state index in [1.54, 1.807) is 25.2 Å². The van der Waals surface area contributed by atoms with Crippen molar-refractivity contribution in [2.45, 2.75) is 18.9 Å². The molecule has 35 heavy (non-hydrogen) atoms. The van der Waals surface area contributed by atoms with Crippen LogP contribution in [-0.2, 0) is 11.2 Å². The molecule has 2 aliphatic heterocycles. The molecular formula is C29H28N2O4. The Labute approximate surface area is 205 Å². The quantitative estimate of drug-likeness (QED) is 0.527. The fourth-order valence-corrected chi connectivity index (χ4v) is 5.13. The molecule has 0 radical (unpaired) electrons. The molecule has 0 aromatic heterocycles. The molecule has 2 heterocycles. The Kier molecular flexibility index (Phi) is 6.03. The van der Waals surface area contributed by atoms with Crippen molar-refractivity contribution in [3.63, 3.8) is 0 Å². The van der Waals surface area contributed by atoms with Crippen molar-refractivity contribution in [2.75, 3.05) is 27.3 Å². The maximum Gasteiger partial charge on any atom is 0.258 e.